The highest BCUT2D eigenvalue weighted by Gasteiger charge is 2.23. The molecule has 0 aliphatic rings. The second-order valence-corrected chi connectivity index (χ2v) is 7.95. The molecule has 0 spiro atoms. The lowest BCUT2D eigenvalue weighted by Gasteiger charge is -2.20. The lowest BCUT2D eigenvalue weighted by atomic mass is 10.1. The largest absolute Gasteiger partial charge is 0.496 e. The minimum atomic E-state index is -0.839. The van der Waals surface area contributed by atoms with E-state index in [1.165, 1.54) is 13.2 Å². The molecule has 5 N–H and O–H groups in total. The molecule has 2 aromatic carbocycles. The van der Waals surface area contributed by atoms with E-state index in [0.717, 1.165) is 5.56 Å². The smallest absolute Gasteiger partial charge is 0.255 e. The maximum atomic E-state index is 12.9. The SMILES string of the molecule is COc1ccc(Cl)cc1C(=O)N[C@@H](CCCNC(N)CF)C(=O)NCc1cccc(Cl)c1. The molecule has 0 heterocycles. The van der Waals surface area contributed by atoms with Crippen LogP contribution in [0.3, 0.4) is 0 Å². The minimum absolute atomic E-state index is 0.213. The molecule has 0 fully saturated rings. The van der Waals surface area contributed by atoms with Crippen LogP contribution < -0.4 is 26.4 Å². The van der Waals surface area contributed by atoms with Crippen LogP contribution in [0.15, 0.2) is 42.5 Å². The molecule has 7 nitrogen and oxygen atoms in total. The summed E-state index contributed by atoms with van der Waals surface area (Å²) >= 11 is 12.0. The minimum Gasteiger partial charge on any atom is -0.496 e. The van der Waals surface area contributed by atoms with Crippen LogP contribution in [0.4, 0.5) is 4.39 Å². The number of nitrogens with two attached hydrogens (primary N) is 1. The molecule has 0 saturated carbocycles. The molecule has 1 unspecified atom stereocenters. The van der Waals surface area contributed by atoms with E-state index in [4.69, 9.17) is 33.7 Å². The number of nitrogens with one attached hydrogen (secondary N) is 3. The van der Waals surface area contributed by atoms with Crippen molar-refractivity contribution in [2.75, 3.05) is 20.3 Å². The number of benzene rings is 2. The third-order valence-electron chi connectivity index (χ3n) is 4.63. The number of ether oxygens (including phenoxy) is 1. The molecule has 10 heteroatoms. The first-order chi connectivity index (χ1) is 15.3. The van der Waals surface area contributed by atoms with E-state index in [-0.39, 0.29) is 18.0 Å². The number of carbonyl (C=O) groups excluding carboxylic acids is 2. The van der Waals surface area contributed by atoms with Gasteiger partial charge < -0.3 is 21.1 Å². The Morgan fingerprint density at radius 2 is 1.91 bits per heavy atom. The van der Waals surface area contributed by atoms with Crippen LogP contribution in [0.2, 0.25) is 10.0 Å². The first kappa shape index (κ1) is 25.9. The summed E-state index contributed by atoms with van der Waals surface area (Å²) in [7, 11) is 1.44. The second-order valence-electron chi connectivity index (χ2n) is 7.08. The Labute approximate surface area is 196 Å². The number of alkyl halides is 1. The third-order valence-corrected chi connectivity index (χ3v) is 5.10. The van der Waals surface area contributed by atoms with Gasteiger partial charge in [0.2, 0.25) is 5.91 Å². The average molecular weight is 485 g/mol. The van der Waals surface area contributed by atoms with Crippen LogP contribution in [0.25, 0.3) is 0 Å². The molecule has 2 amide bonds. The highest BCUT2D eigenvalue weighted by Crippen LogP contribution is 2.22. The normalized spacial score (nSPS) is 12.7. The highest BCUT2D eigenvalue weighted by atomic mass is 35.5. The standard InChI is InChI=1S/C22H27Cl2FN4O3/c1-32-19-8-7-16(24)11-17(19)21(30)29-18(6-3-9-27-20(26)12-25)22(31)28-13-14-4-2-5-15(23)10-14/h2,4-5,7-8,10-11,18,20,27H,3,6,9,12-13,26H2,1H3,(H,28,31)(H,29,30)/t18-,20?/m0/s1. The Morgan fingerprint density at radius 1 is 1.16 bits per heavy atom. The van der Waals surface area contributed by atoms with Crippen LogP contribution in [-0.4, -0.2) is 44.4 Å². The van der Waals surface area contributed by atoms with Gasteiger partial charge in [-0.3, -0.25) is 14.9 Å². The Hall–Kier alpha value is -2.39. The molecule has 2 aromatic rings. The Bertz CT molecular complexity index is 916. The van der Waals surface area contributed by atoms with E-state index < -0.39 is 24.8 Å². The maximum Gasteiger partial charge on any atom is 0.255 e. The van der Waals surface area contributed by atoms with E-state index in [0.29, 0.717) is 35.2 Å². The summed E-state index contributed by atoms with van der Waals surface area (Å²) in [6.45, 7) is -0.0639. The van der Waals surface area contributed by atoms with Gasteiger partial charge in [-0.1, -0.05) is 35.3 Å². The van der Waals surface area contributed by atoms with Crippen molar-refractivity contribution in [3.05, 3.63) is 63.6 Å². The number of hydrogen-bond donors (Lipinski definition) is 4. The van der Waals surface area contributed by atoms with Crippen molar-refractivity contribution in [3.8, 4) is 5.75 Å². The van der Waals surface area contributed by atoms with Gasteiger partial charge in [0.15, 0.2) is 0 Å². The van der Waals surface area contributed by atoms with E-state index in [2.05, 4.69) is 16.0 Å². The number of rotatable bonds is 12. The van der Waals surface area contributed by atoms with Gasteiger partial charge in [0.25, 0.3) is 5.91 Å². The molecule has 0 bridgehead atoms. The molecule has 32 heavy (non-hydrogen) atoms. The number of halogens is 3. The lowest BCUT2D eigenvalue weighted by Crippen LogP contribution is -2.47. The number of methoxy groups -OCH3 is 1. The first-order valence-electron chi connectivity index (χ1n) is 10.1. The van der Waals surface area contributed by atoms with Gasteiger partial charge in [-0.15, -0.1) is 0 Å². The number of hydrogen-bond acceptors (Lipinski definition) is 5. The Kier molecular flexibility index (Phi) is 10.7. The van der Waals surface area contributed by atoms with Gasteiger partial charge in [0.05, 0.1) is 18.8 Å². The van der Waals surface area contributed by atoms with Crippen molar-refractivity contribution in [2.24, 2.45) is 5.73 Å². The fraction of sp³-hybridized carbons (Fsp3) is 0.364. The summed E-state index contributed by atoms with van der Waals surface area (Å²) in [5, 5.41) is 9.28. The van der Waals surface area contributed by atoms with E-state index in [1.54, 1.807) is 30.3 Å². The van der Waals surface area contributed by atoms with Crippen molar-refractivity contribution < 1.29 is 18.7 Å². The zero-order chi connectivity index (χ0) is 23.5. The average Bonchev–Trinajstić information content (AvgIpc) is 2.79. The van der Waals surface area contributed by atoms with E-state index in [1.807, 2.05) is 6.07 Å². The number of carbonyl (C=O) groups is 2. The Balaban J connectivity index is 2.07. The molecular formula is C22H27Cl2FN4O3. The molecule has 0 aromatic heterocycles. The van der Waals surface area contributed by atoms with Crippen molar-refractivity contribution in [3.63, 3.8) is 0 Å². The predicted molar refractivity (Wildman–Crippen MR) is 124 cm³/mol. The fourth-order valence-electron chi connectivity index (χ4n) is 2.97. The Morgan fingerprint density at radius 3 is 2.59 bits per heavy atom. The lowest BCUT2D eigenvalue weighted by molar-refractivity contribution is -0.123. The molecule has 174 valence electrons. The summed E-state index contributed by atoms with van der Waals surface area (Å²) in [5.41, 5.74) is 6.54. The van der Waals surface area contributed by atoms with Gasteiger partial charge in [-0.25, -0.2) is 4.39 Å². The predicted octanol–water partition coefficient (Wildman–Crippen LogP) is 3.04. The zero-order valence-corrected chi connectivity index (χ0v) is 19.2. The van der Waals surface area contributed by atoms with Gasteiger partial charge in [0, 0.05) is 16.6 Å². The van der Waals surface area contributed by atoms with Crippen LogP contribution in [0.1, 0.15) is 28.8 Å². The molecule has 2 rings (SSSR count). The van der Waals surface area contributed by atoms with Crippen LogP contribution in [0.5, 0.6) is 5.75 Å². The van der Waals surface area contributed by atoms with Crippen molar-refractivity contribution in [1.82, 2.24) is 16.0 Å². The van der Waals surface area contributed by atoms with Crippen molar-refractivity contribution >= 4 is 35.0 Å². The first-order valence-corrected chi connectivity index (χ1v) is 10.8. The fourth-order valence-corrected chi connectivity index (χ4v) is 3.35. The summed E-state index contributed by atoms with van der Waals surface area (Å²) in [5.74, 6) is -0.532. The summed E-state index contributed by atoms with van der Waals surface area (Å²) in [6.07, 6.45) is 0.0215. The van der Waals surface area contributed by atoms with Crippen molar-refractivity contribution in [1.29, 1.82) is 0 Å². The van der Waals surface area contributed by atoms with Gasteiger partial charge in [-0.2, -0.15) is 0 Å². The monoisotopic (exact) mass is 484 g/mol. The molecule has 0 aliphatic carbocycles. The van der Waals surface area contributed by atoms with Gasteiger partial charge >= 0.3 is 0 Å². The highest BCUT2D eigenvalue weighted by molar-refractivity contribution is 6.31. The molecular weight excluding hydrogens is 458 g/mol. The van der Waals surface area contributed by atoms with Crippen LogP contribution in [-0.2, 0) is 11.3 Å². The van der Waals surface area contributed by atoms with Crippen molar-refractivity contribution in [2.45, 2.75) is 31.6 Å². The quantitative estimate of drug-likeness (QED) is 0.273. The summed E-state index contributed by atoms with van der Waals surface area (Å²) in [4.78, 5) is 25.7. The van der Waals surface area contributed by atoms with Gasteiger partial charge in [-0.05, 0) is 55.3 Å². The summed E-state index contributed by atoms with van der Waals surface area (Å²) in [6, 6.07) is 10.9. The maximum absolute atomic E-state index is 12.9. The zero-order valence-electron chi connectivity index (χ0n) is 17.7. The van der Waals surface area contributed by atoms with E-state index >= 15 is 0 Å². The van der Waals surface area contributed by atoms with Crippen LogP contribution >= 0.6 is 23.2 Å². The van der Waals surface area contributed by atoms with E-state index in [9.17, 15) is 14.0 Å². The van der Waals surface area contributed by atoms with Crippen LogP contribution in [0, 0.1) is 0 Å². The number of amides is 2. The molecule has 0 aliphatic heterocycles. The summed E-state index contributed by atoms with van der Waals surface area (Å²) < 4.78 is 17.7. The topological polar surface area (TPSA) is 105 Å². The molecule has 0 radical (unpaired) electrons. The van der Waals surface area contributed by atoms with Gasteiger partial charge in [0.1, 0.15) is 18.5 Å². The molecule has 2 atom stereocenters. The second kappa shape index (κ2) is 13.2. The molecule has 0 saturated heterocycles. The third kappa shape index (κ3) is 8.27.